The summed E-state index contributed by atoms with van der Waals surface area (Å²) in [5.41, 5.74) is 0. The highest BCUT2D eigenvalue weighted by molar-refractivity contribution is 7.89. The van der Waals surface area contributed by atoms with Gasteiger partial charge in [-0.25, -0.2) is 8.42 Å². The Kier molecular flexibility index (Phi) is 6.13. The molecule has 1 aromatic heterocycles. The zero-order chi connectivity index (χ0) is 21.1. The molecule has 29 heavy (non-hydrogen) atoms. The first-order chi connectivity index (χ1) is 13.7. The minimum atomic E-state index is -4.98. The van der Waals surface area contributed by atoms with Gasteiger partial charge in [-0.2, -0.15) is 4.31 Å². The van der Waals surface area contributed by atoms with Crippen molar-refractivity contribution in [1.82, 2.24) is 14.5 Å². The zero-order valence-electron chi connectivity index (χ0n) is 15.6. The standard InChI is InChI=1S/C17H20F3N5O3S/c1-2-21-15-7-8-16(23-22-15)24-9-11-25(12-10-24)29(26,27)14-6-4-3-5-13(14)28-17(18,19)20/h3-8H,2,9-12H2,1H3,(H,21,22). The number of alkyl halides is 3. The molecule has 0 saturated carbocycles. The highest BCUT2D eigenvalue weighted by Gasteiger charge is 2.36. The number of nitrogens with zero attached hydrogens (tertiary/aromatic N) is 4. The first-order valence-corrected chi connectivity index (χ1v) is 10.3. The van der Waals surface area contributed by atoms with Crippen molar-refractivity contribution in [3.8, 4) is 5.75 Å². The molecule has 0 bridgehead atoms. The van der Waals surface area contributed by atoms with Gasteiger partial charge >= 0.3 is 6.36 Å². The minimum Gasteiger partial charge on any atom is -0.404 e. The second-order valence-electron chi connectivity index (χ2n) is 6.19. The summed E-state index contributed by atoms with van der Waals surface area (Å²) in [4.78, 5) is 1.35. The second-order valence-corrected chi connectivity index (χ2v) is 8.10. The first kappa shape index (κ1) is 21.1. The van der Waals surface area contributed by atoms with Crippen LogP contribution in [0.3, 0.4) is 0 Å². The van der Waals surface area contributed by atoms with E-state index in [9.17, 15) is 21.6 Å². The quantitative estimate of drug-likeness (QED) is 0.751. The van der Waals surface area contributed by atoms with Gasteiger partial charge in [0.25, 0.3) is 0 Å². The van der Waals surface area contributed by atoms with E-state index in [0.29, 0.717) is 31.3 Å². The lowest BCUT2D eigenvalue weighted by Crippen LogP contribution is -2.49. The molecule has 1 aliphatic heterocycles. The highest BCUT2D eigenvalue weighted by atomic mass is 32.2. The molecule has 1 aromatic carbocycles. The van der Waals surface area contributed by atoms with Crippen LogP contribution >= 0.6 is 0 Å². The molecule has 1 saturated heterocycles. The van der Waals surface area contributed by atoms with Crippen LogP contribution in [-0.2, 0) is 10.0 Å². The van der Waals surface area contributed by atoms with E-state index in [2.05, 4.69) is 20.3 Å². The third-order valence-electron chi connectivity index (χ3n) is 4.26. The third kappa shape index (κ3) is 5.07. The summed E-state index contributed by atoms with van der Waals surface area (Å²) in [7, 11) is -4.15. The molecule has 0 amide bonds. The van der Waals surface area contributed by atoms with E-state index in [4.69, 9.17) is 0 Å². The van der Waals surface area contributed by atoms with Crippen molar-refractivity contribution >= 4 is 21.7 Å². The van der Waals surface area contributed by atoms with Crippen LogP contribution < -0.4 is 15.0 Å². The molecule has 12 heteroatoms. The van der Waals surface area contributed by atoms with E-state index >= 15 is 0 Å². The fraction of sp³-hybridized carbons (Fsp3) is 0.412. The van der Waals surface area contributed by atoms with E-state index in [1.54, 1.807) is 12.1 Å². The molecule has 0 atom stereocenters. The topological polar surface area (TPSA) is 87.7 Å². The van der Waals surface area contributed by atoms with Crippen LogP contribution in [-0.4, -0.2) is 62.0 Å². The summed E-state index contributed by atoms with van der Waals surface area (Å²) in [5.74, 6) is 0.496. The maximum absolute atomic E-state index is 12.9. The largest absolute Gasteiger partial charge is 0.573 e. The Hall–Kier alpha value is -2.60. The van der Waals surface area contributed by atoms with Crippen molar-refractivity contribution in [2.45, 2.75) is 18.2 Å². The molecule has 0 aliphatic carbocycles. The maximum atomic E-state index is 12.9. The molecule has 8 nitrogen and oxygen atoms in total. The van der Waals surface area contributed by atoms with Gasteiger partial charge in [0, 0.05) is 32.7 Å². The summed E-state index contributed by atoms with van der Waals surface area (Å²) in [6.45, 7) is 3.50. The third-order valence-corrected chi connectivity index (χ3v) is 6.20. The van der Waals surface area contributed by atoms with E-state index in [0.717, 1.165) is 16.4 Å². The molecule has 1 N–H and O–H groups in total. The lowest BCUT2D eigenvalue weighted by atomic mass is 10.3. The normalized spacial score (nSPS) is 15.9. The molecular weight excluding hydrogens is 411 g/mol. The number of aromatic nitrogens is 2. The van der Waals surface area contributed by atoms with Gasteiger partial charge in [-0.05, 0) is 31.2 Å². The number of ether oxygens (including phenoxy) is 1. The van der Waals surface area contributed by atoms with Crippen molar-refractivity contribution in [2.75, 3.05) is 42.9 Å². The number of nitrogens with one attached hydrogen (secondary N) is 1. The fourth-order valence-corrected chi connectivity index (χ4v) is 4.47. The number of hydrogen-bond acceptors (Lipinski definition) is 7. The van der Waals surface area contributed by atoms with Gasteiger partial charge in [0.15, 0.2) is 5.82 Å². The molecule has 158 valence electrons. The molecule has 2 aromatic rings. The van der Waals surface area contributed by atoms with Crippen LogP contribution in [0.15, 0.2) is 41.3 Å². The summed E-state index contributed by atoms with van der Waals surface area (Å²) < 4.78 is 68.6. The lowest BCUT2D eigenvalue weighted by Gasteiger charge is -2.34. The Labute approximate surface area is 166 Å². The molecule has 0 radical (unpaired) electrons. The number of rotatable bonds is 6. The van der Waals surface area contributed by atoms with Gasteiger partial charge < -0.3 is 15.0 Å². The van der Waals surface area contributed by atoms with E-state index < -0.39 is 27.0 Å². The Morgan fingerprint density at radius 1 is 1.07 bits per heavy atom. The molecule has 1 aliphatic rings. The molecule has 0 unspecified atom stereocenters. The van der Waals surface area contributed by atoms with Crippen LogP contribution in [0, 0.1) is 0 Å². The predicted octanol–water partition coefficient (Wildman–Crippen LogP) is 2.32. The number of sulfonamides is 1. The zero-order valence-corrected chi connectivity index (χ0v) is 16.4. The average molecular weight is 431 g/mol. The van der Waals surface area contributed by atoms with Crippen molar-refractivity contribution in [3.63, 3.8) is 0 Å². The minimum absolute atomic E-state index is 0.0966. The van der Waals surface area contributed by atoms with Crippen molar-refractivity contribution < 1.29 is 26.3 Å². The van der Waals surface area contributed by atoms with Crippen LogP contribution in [0.5, 0.6) is 5.75 Å². The molecule has 2 heterocycles. The van der Waals surface area contributed by atoms with E-state index in [-0.39, 0.29) is 13.1 Å². The van der Waals surface area contributed by atoms with Gasteiger partial charge in [-0.15, -0.1) is 23.4 Å². The summed E-state index contributed by atoms with van der Waals surface area (Å²) in [5, 5.41) is 11.2. The number of hydrogen-bond donors (Lipinski definition) is 1. The summed E-state index contributed by atoms with van der Waals surface area (Å²) in [6.07, 6.45) is -4.98. The van der Waals surface area contributed by atoms with E-state index in [1.165, 1.54) is 12.1 Å². The van der Waals surface area contributed by atoms with Gasteiger partial charge in [-0.3, -0.25) is 0 Å². The second kappa shape index (κ2) is 8.41. The van der Waals surface area contributed by atoms with Crippen molar-refractivity contribution in [3.05, 3.63) is 36.4 Å². The van der Waals surface area contributed by atoms with Gasteiger partial charge in [0.1, 0.15) is 16.5 Å². The maximum Gasteiger partial charge on any atom is 0.573 e. The average Bonchev–Trinajstić information content (AvgIpc) is 2.68. The SMILES string of the molecule is CCNc1ccc(N2CCN(S(=O)(=O)c3ccccc3OC(F)(F)F)CC2)nn1. The van der Waals surface area contributed by atoms with Crippen LogP contribution in [0.2, 0.25) is 0 Å². The van der Waals surface area contributed by atoms with E-state index in [1.807, 2.05) is 11.8 Å². The summed E-state index contributed by atoms with van der Waals surface area (Å²) >= 11 is 0. The Balaban J connectivity index is 1.72. The predicted molar refractivity (Wildman–Crippen MR) is 100 cm³/mol. The number of halogens is 3. The number of anilines is 2. The van der Waals surface area contributed by atoms with Crippen molar-refractivity contribution in [1.29, 1.82) is 0 Å². The number of para-hydroxylation sites is 1. The molecule has 0 spiro atoms. The van der Waals surface area contributed by atoms with Crippen molar-refractivity contribution in [2.24, 2.45) is 0 Å². The number of piperazine rings is 1. The van der Waals surface area contributed by atoms with Gasteiger partial charge in [0.2, 0.25) is 10.0 Å². The fourth-order valence-electron chi connectivity index (χ4n) is 2.94. The van der Waals surface area contributed by atoms with Crippen LogP contribution in [0.1, 0.15) is 6.92 Å². The smallest absolute Gasteiger partial charge is 0.404 e. The molecule has 1 fully saturated rings. The lowest BCUT2D eigenvalue weighted by molar-refractivity contribution is -0.275. The van der Waals surface area contributed by atoms with Gasteiger partial charge in [-0.1, -0.05) is 12.1 Å². The Morgan fingerprint density at radius 3 is 2.34 bits per heavy atom. The number of benzene rings is 1. The molecular formula is C17H20F3N5O3S. The summed E-state index contributed by atoms with van der Waals surface area (Å²) in [6, 6.07) is 8.29. The highest BCUT2D eigenvalue weighted by Crippen LogP contribution is 2.31. The first-order valence-electron chi connectivity index (χ1n) is 8.88. The van der Waals surface area contributed by atoms with Crippen LogP contribution in [0.4, 0.5) is 24.8 Å². The Bertz CT molecular complexity index is 930. The van der Waals surface area contributed by atoms with Gasteiger partial charge in [0.05, 0.1) is 0 Å². The molecule has 3 rings (SSSR count). The van der Waals surface area contributed by atoms with Crippen LogP contribution in [0.25, 0.3) is 0 Å². The Morgan fingerprint density at radius 2 is 1.76 bits per heavy atom. The monoisotopic (exact) mass is 431 g/mol.